The maximum Gasteiger partial charge on any atom is 0.343 e. The molecule has 0 N–H and O–H groups in total. The molecule has 0 fully saturated rings. The minimum absolute atomic E-state index is 0.417. The van der Waals surface area contributed by atoms with Crippen molar-refractivity contribution in [1.82, 2.24) is 4.57 Å². The average Bonchev–Trinajstić information content (AvgIpc) is 3.34. The molecule has 0 aliphatic carbocycles. The Hall–Kier alpha value is -4.36. The number of carbonyl (C=O) groups excluding carboxylic acids is 1. The summed E-state index contributed by atoms with van der Waals surface area (Å²) >= 11 is 0. The molecule has 0 aliphatic rings. The Morgan fingerprint density at radius 3 is 2.10 bits per heavy atom. The van der Waals surface area contributed by atoms with Crippen LogP contribution < -0.4 is 4.74 Å². The molecular formula is C26H18N2O2. The molecule has 3 aromatic carbocycles. The van der Waals surface area contributed by atoms with Crippen molar-refractivity contribution in [1.29, 1.82) is 5.26 Å². The van der Waals surface area contributed by atoms with Gasteiger partial charge in [0.05, 0.1) is 17.2 Å². The predicted octanol–water partition coefficient (Wildman–Crippen LogP) is 5.76. The minimum Gasteiger partial charge on any atom is -0.423 e. The van der Waals surface area contributed by atoms with Gasteiger partial charge in [-0.25, -0.2) is 4.79 Å². The lowest BCUT2D eigenvalue weighted by atomic mass is 10.0. The molecule has 0 unspecified atom stereocenters. The number of rotatable bonds is 5. The third-order valence-electron chi connectivity index (χ3n) is 4.61. The molecule has 1 heterocycles. The van der Waals surface area contributed by atoms with Gasteiger partial charge in [0.1, 0.15) is 5.75 Å². The molecule has 4 rings (SSSR count). The Morgan fingerprint density at radius 2 is 1.47 bits per heavy atom. The summed E-state index contributed by atoms with van der Waals surface area (Å²) in [5.41, 5.74) is 3.73. The van der Waals surface area contributed by atoms with Crippen LogP contribution in [0, 0.1) is 11.3 Å². The first-order chi connectivity index (χ1) is 14.7. The fraction of sp³-hybridized carbons (Fsp3) is 0. The van der Waals surface area contributed by atoms with Crippen LogP contribution >= 0.6 is 0 Å². The summed E-state index contributed by atoms with van der Waals surface area (Å²) < 4.78 is 7.44. The molecule has 0 radical (unpaired) electrons. The van der Waals surface area contributed by atoms with Gasteiger partial charge in [0, 0.05) is 18.1 Å². The highest BCUT2D eigenvalue weighted by Crippen LogP contribution is 2.20. The lowest BCUT2D eigenvalue weighted by molar-refractivity contribution is 0.0735. The molecule has 0 saturated carbocycles. The summed E-state index contributed by atoms with van der Waals surface area (Å²) in [6, 6.07) is 29.9. The van der Waals surface area contributed by atoms with Crippen LogP contribution in [0.2, 0.25) is 0 Å². The standard InChI is InChI=1S/C26H18N2O2/c27-19-23(21-6-2-1-3-7-21)18-20-8-14-25(15-9-20)30-26(29)22-10-12-24(13-11-22)28-16-4-5-17-28/h1-18H/b23-18-. The van der Waals surface area contributed by atoms with E-state index < -0.39 is 5.97 Å². The van der Waals surface area contributed by atoms with Gasteiger partial charge in [-0.3, -0.25) is 0 Å². The third kappa shape index (κ3) is 4.37. The highest BCUT2D eigenvalue weighted by molar-refractivity contribution is 5.91. The summed E-state index contributed by atoms with van der Waals surface area (Å²) in [6.45, 7) is 0. The van der Waals surface area contributed by atoms with Gasteiger partial charge in [-0.05, 0) is 65.7 Å². The molecule has 0 spiro atoms. The van der Waals surface area contributed by atoms with Gasteiger partial charge in [-0.2, -0.15) is 5.26 Å². The number of benzene rings is 3. The van der Waals surface area contributed by atoms with Crippen LogP contribution in [0.5, 0.6) is 5.75 Å². The van der Waals surface area contributed by atoms with Crippen molar-refractivity contribution in [3.05, 3.63) is 120 Å². The van der Waals surface area contributed by atoms with E-state index in [2.05, 4.69) is 6.07 Å². The number of hydrogen-bond acceptors (Lipinski definition) is 3. The van der Waals surface area contributed by atoms with Gasteiger partial charge in [-0.1, -0.05) is 42.5 Å². The Labute approximate surface area is 174 Å². The highest BCUT2D eigenvalue weighted by Gasteiger charge is 2.09. The quantitative estimate of drug-likeness (QED) is 0.188. The number of nitrogens with zero attached hydrogens (tertiary/aromatic N) is 2. The fourth-order valence-electron chi connectivity index (χ4n) is 3.04. The summed E-state index contributed by atoms with van der Waals surface area (Å²) in [4.78, 5) is 12.4. The third-order valence-corrected chi connectivity index (χ3v) is 4.61. The predicted molar refractivity (Wildman–Crippen MR) is 117 cm³/mol. The molecule has 0 bridgehead atoms. The molecule has 4 aromatic rings. The fourth-order valence-corrected chi connectivity index (χ4v) is 3.04. The number of aromatic nitrogens is 1. The van der Waals surface area contributed by atoms with Crippen molar-refractivity contribution in [3.8, 4) is 17.5 Å². The Bertz CT molecular complexity index is 1200. The zero-order valence-electron chi connectivity index (χ0n) is 16.1. The van der Waals surface area contributed by atoms with E-state index in [1.165, 1.54) is 0 Å². The Balaban J connectivity index is 1.45. The second-order valence-electron chi connectivity index (χ2n) is 6.63. The number of esters is 1. The topological polar surface area (TPSA) is 55.0 Å². The molecule has 0 aliphatic heterocycles. The first-order valence-electron chi connectivity index (χ1n) is 9.46. The lowest BCUT2D eigenvalue weighted by Gasteiger charge is -2.07. The van der Waals surface area contributed by atoms with Gasteiger partial charge < -0.3 is 9.30 Å². The smallest absolute Gasteiger partial charge is 0.343 e. The maximum atomic E-state index is 12.4. The number of hydrogen-bond donors (Lipinski definition) is 0. The van der Waals surface area contributed by atoms with Crippen molar-refractivity contribution in [2.75, 3.05) is 0 Å². The molecule has 30 heavy (non-hydrogen) atoms. The van der Waals surface area contributed by atoms with E-state index in [1.54, 1.807) is 30.3 Å². The van der Waals surface area contributed by atoms with Crippen molar-refractivity contribution < 1.29 is 9.53 Å². The van der Waals surface area contributed by atoms with E-state index in [4.69, 9.17) is 4.74 Å². The highest BCUT2D eigenvalue weighted by atomic mass is 16.5. The van der Waals surface area contributed by atoms with Crippen LogP contribution in [0.1, 0.15) is 21.5 Å². The normalized spacial score (nSPS) is 11.0. The van der Waals surface area contributed by atoms with Gasteiger partial charge >= 0.3 is 5.97 Å². The van der Waals surface area contributed by atoms with E-state index >= 15 is 0 Å². The minimum atomic E-state index is -0.417. The van der Waals surface area contributed by atoms with Crippen LogP contribution in [0.25, 0.3) is 17.3 Å². The van der Waals surface area contributed by atoms with Crippen molar-refractivity contribution in [2.24, 2.45) is 0 Å². The monoisotopic (exact) mass is 390 g/mol. The van der Waals surface area contributed by atoms with E-state index in [1.807, 2.05) is 83.7 Å². The molecular weight excluding hydrogens is 372 g/mol. The number of nitriles is 1. The molecule has 0 amide bonds. The van der Waals surface area contributed by atoms with Crippen LogP contribution in [-0.2, 0) is 0 Å². The van der Waals surface area contributed by atoms with Crippen molar-refractivity contribution in [2.45, 2.75) is 0 Å². The summed E-state index contributed by atoms with van der Waals surface area (Å²) in [5.74, 6) is 0.0317. The van der Waals surface area contributed by atoms with Gasteiger partial charge in [0.15, 0.2) is 0 Å². The number of ether oxygens (including phenoxy) is 1. The van der Waals surface area contributed by atoms with E-state index in [0.29, 0.717) is 16.9 Å². The molecule has 4 heteroatoms. The zero-order valence-corrected chi connectivity index (χ0v) is 16.1. The molecule has 144 valence electrons. The van der Waals surface area contributed by atoms with Crippen LogP contribution in [0.15, 0.2) is 103 Å². The number of carbonyl (C=O) groups is 1. The van der Waals surface area contributed by atoms with Gasteiger partial charge in [0.2, 0.25) is 0 Å². The SMILES string of the molecule is N#C/C(=C/c1ccc(OC(=O)c2ccc(-n3cccc3)cc2)cc1)c1ccccc1. The van der Waals surface area contributed by atoms with Crippen LogP contribution in [0.4, 0.5) is 0 Å². The van der Waals surface area contributed by atoms with Crippen LogP contribution in [-0.4, -0.2) is 10.5 Å². The summed E-state index contributed by atoms with van der Waals surface area (Å²) in [6.07, 6.45) is 5.69. The molecule has 1 aromatic heterocycles. The Kier molecular flexibility index (Phi) is 5.54. The van der Waals surface area contributed by atoms with Crippen molar-refractivity contribution >= 4 is 17.6 Å². The second kappa shape index (κ2) is 8.76. The molecule has 0 saturated heterocycles. The largest absolute Gasteiger partial charge is 0.423 e. The first-order valence-corrected chi connectivity index (χ1v) is 9.46. The second-order valence-corrected chi connectivity index (χ2v) is 6.63. The maximum absolute atomic E-state index is 12.4. The Morgan fingerprint density at radius 1 is 0.800 bits per heavy atom. The number of allylic oxidation sites excluding steroid dienone is 1. The summed E-state index contributed by atoms with van der Waals surface area (Å²) in [5, 5.41) is 9.43. The zero-order chi connectivity index (χ0) is 20.8. The first kappa shape index (κ1) is 19.0. The van der Waals surface area contributed by atoms with E-state index in [0.717, 1.165) is 16.8 Å². The van der Waals surface area contributed by atoms with Crippen LogP contribution in [0.3, 0.4) is 0 Å². The molecule has 0 atom stereocenters. The van der Waals surface area contributed by atoms with Gasteiger partial charge in [0.25, 0.3) is 0 Å². The van der Waals surface area contributed by atoms with Crippen molar-refractivity contribution in [3.63, 3.8) is 0 Å². The average molecular weight is 390 g/mol. The van der Waals surface area contributed by atoms with Gasteiger partial charge in [-0.15, -0.1) is 0 Å². The molecule has 4 nitrogen and oxygen atoms in total. The van der Waals surface area contributed by atoms with E-state index in [9.17, 15) is 10.1 Å². The van der Waals surface area contributed by atoms with E-state index in [-0.39, 0.29) is 0 Å². The lowest BCUT2D eigenvalue weighted by Crippen LogP contribution is -2.08. The summed E-state index contributed by atoms with van der Waals surface area (Å²) in [7, 11) is 0.